The number of nitrogens with zero attached hydrogens (tertiary/aromatic N) is 1. The Balaban J connectivity index is 1.71. The molecule has 2 aromatic carbocycles. The lowest BCUT2D eigenvalue weighted by Crippen LogP contribution is -2.13. The Morgan fingerprint density at radius 1 is 1.00 bits per heavy atom. The molecule has 0 spiro atoms. The maximum atomic E-state index is 12.4. The fourth-order valence-corrected chi connectivity index (χ4v) is 2.48. The van der Waals surface area contributed by atoms with Crippen molar-refractivity contribution < 1.29 is 14.3 Å². The van der Waals surface area contributed by atoms with Crippen molar-refractivity contribution in [2.45, 2.75) is 13.8 Å². The number of hydrogen-bond donors (Lipinski definition) is 1. The van der Waals surface area contributed by atoms with Crippen LogP contribution in [0.25, 0.3) is 0 Å². The number of carbonyl (C=O) groups is 1. The number of benzene rings is 2. The van der Waals surface area contributed by atoms with E-state index in [0.29, 0.717) is 22.9 Å². The third kappa shape index (κ3) is 4.00. The van der Waals surface area contributed by atoms with Gasteiger partial charge in [0.2, 0.25) is 5.88 Å². The van der Waals surface area contributed by atoms with Crippen LogP contribution in [0.2, 0.25) is 0 Å². The standard InChI is InChI=1S/C21H20N2O3/c1-14-8-9-15(2)19(12-14)26-20-11-10-16(13-22-20)23-21(24)17-6-4-5-7-18(17)25-3/h4-13H,1-3H3,(H,23,24). The number of anilines is 1. The molecule has 0 fully saturated rings. The number of nitrogens with one attached hydrogen (secondary N) is 1. The maximum absolute atomic E-state index is 12.4. The summed E-state index contributed by atoms with van der Waals surface area (Å²) in [5, 5.41) is 2.81. The van der Waals surface area contributed by atoms with Gasteiger partial charge in [0, 0.05) is 6.07 Å². The van der Waals surface area contributed by atoms with E-state index in [1.54, 1.807) is 36.5 Å². The van der Waals surface area contributed by atoms with Gasteiger partial charge in [0.1, 0.15) is 11.5 Å². The number of methoxy groups -OCH3 is 1. The highest BCUT2D eigenvalue weighted by molar-refractivity contribution is 6.06. The van der Waals surface area contributed by atoms with Gasteiger partial charge in [-0.1, -0.05) is 24.3 Å². The van der Waals surface area contributed by atoms with Crippen LogP contribution in [0.15, 0.2) is 60.8 Å². The first-order valence-electron chi connectivity index (χ1n) is 8.22. The van der Waals surface area contributed by atoms with E-state index < -0.39 is 0 Å². The highest BCUT2D eigenvalue weighted by Crippen LogP contribution is 2.25. The monoisotopic (exact) mass is 348 g/mol. The Labute approximate surface area is 152 Å². The minimum Gasteiger partial charge on any atom is -0.496 e. The van der Waals surface area contributed by atoms with Gasteiger partial charge in [0.05, 0.1) is 24.6 Å². The Hall–Kier alpha value is -3.34. The van der Waals surface area contributed by atoms with Crippen LogP contribution in [-0.4, -0.2) is 18.0 Å². The van der Waals surface area contributed by atoms with E-state index in [9.17, 15) is 4.79 Å². The number of rotatable bonds is 5. The fourth-order valence-electron chi connectivity index (χ4n) is 2.48. The first kappa shape index (κ1) is 17.5. The molecule has 5 heteroatoms. The molecule has 1 aromatic heterocycles. The SMILES string of the molecule is COc1ccccc1C(=O)Nc1ccc(Oc2cc(C)ccc2C)nc1. The van der Waals surface area contributed by atoms with Crippen LogP contribution >= 0.6 is 0 Å². The number of aromatic nitrogens is 1. The van der Waals surface area contributed by atoms with Gasteiger partial charge >= 0.3 is 0 Å². The number of aryl methyl sites for hydroxylation is 2. The average Bonchev–Trinajstić information content (AvgIpc) is 2.66. The molecule has 1 amide bonds. The second kappa shape index (κ2) is 7.70. The van der Waals surface area contributed by atoms with Crippen LogP contribution in [-0.2, 0) is 0 Å². The average molecular weight is 348 g/mol. The zero-order valence-corrected chi connectivity index (χ0v) is 14.9. The van der Waals surface area contributed by atoms with Gasteiger partial charge in [-0.15, -0.1) is 0 Å². The van der Waals surface area contributed by atoms with Crippen LogP contribution in [0.1, 0.15) is 21.5 Å². The third-order valence-corrected chi connectivity index (χ3v) is 3.90. The van der Waals surface area contributed by atoms with E-state index in [1.165, 1.54) is 7.11 Å². The van der Waals surface area contributed by atoms with E-state index in [1.807, 2.05) is 38.1 Å². The van der Waals surface area contributed by atoms with E-state index in [2.05, 4.69) is 10.3 Å². The van der Waals surface area contributed by atoms with Gasteiger partial charge in [-0.25, -0.2) is 4.98 Å². The Morgan fingerprint density at radius 3 is 2.54 bits per heavy atom. The molecule has 1 N–H and O–H groups in total. The molecule has 0 atom stereocenters. The highest BCUT2D eigenvalue weighted by atomic mass is 16.5. The Morgan fingerprint density at radius 2 is 1.81 bits per heavy atom. The maximum Gasteiger partial charge on any atom is 0.259 e. The molecule has 132 valence electrons. The third-order valence-electron chi connectivity index (χ3n) is 3.90. The molecule has 0 aliphatic carbocycles. The van der Waals surface area contributed by atoms with Crippen LogP contribution in [0.5, 0.6) is 17.4 Å². The van der Waals surface area contributed by atoms with Crippen LogP contribution in [0.3, 0.4) is 0 Å². The van der Waals surface area contributed by atoms with Crippen LogP contribution in [0, 0.1) is 13.8 Å². The van der Waals surface area contributed by atoms with Gasteiger partial charge in [-0.3, -0.25) is 4.79 Å². The van der Waals surface area contributed by atoms with Gasteiger partial charge in [0.15, 0.2) is 0 Å². The lowest BCUT2D eigenvalue weighted by molar-refractivity contribution is 0.102. The van der Waals surface area contributed by atoms with Gasteiger partial charge < -0.3 is 14.8 Å². The van der Waals surface area contributed by atoms with Crippen LogP contribution in [0.4, 0.5) is 5.69 Å². The predicted molar refractivity (Wildman–Crippen MR) is 101 cm³/mol. The quantitative estimate of drug-likeness (QED) is 0.723. The van der Waals surface area contributed by atoms with Crippen molar-refractivity contribution in [1.82, 2.24) is 4.98 Å². The van der Waals surface area contributed by atoms with Crippen molar-refractivity contribution in [2.75, 3.05) is 12.4 Å². The molecule has 0 aliphatic rings. The molecule has 0 radical (unpaired) electrons. The summed E-state index contributed by atoms with van der Waals surface area (Å²) in [6, 6.07) is 16.5. The Bertz CT molecular complexity index is 921. The number of pyridine rings is 1. The first-order chi connectivity index (χ1) is 12.6. The molecule has 0 saturated heterocycles. The zero-order chi connectivity index (χ0) is 18.5. The van der Waals surface area contributed by atoms with E-state index in [0.717, 1.165) is 16.9 Å². The van der Waals surface area contributed by atoms with E-state index in [-0.39, 0.29) is 5.91 Å². The molecule has 3 aromatic rings. The van der Waals surface area contributed by atoms with Gasteiger partial charge in [-0.05, 0) is 49.2 Å². The molecule has 0 bridgehead atoms. The largest absolute Gasteiger partial charge is 0.496 e. The number of ether oxygens (including phenoxy) is 2. The first-order valence-corrected chi connectivity index (χ1v) is 8.22. The molecule has 26 heavy (non-hydrogen) atoms. The normalized spacial score (nSPS) is 10.3. The summed E-state index contributed by atoms with van der Waals surface area (Å²) in [6.07, 6.45) is 1.56. The highest BCUT2D eigenvalue weighted by Gasteiger charge is 2.12. The second-order valence-corrected chi connectivity index (χ2v) is 5.91. The molecule has 1 heterocycles. The summed E-state index contributed by atoms with van der Waals surface area (Å²) in [7, 11) is 1.53. The van der Waals surface area contributed by atoms with Crippen molar-refractivity contribution in [2.24, 2.45) is 0 Å². The number of para-hydroxylation sites is 1. The topological polar surface area (TPSA) is 60.5 Å². The van der Waals surface area contributed by atoms with Gasteiger partial charge in [-0.2, -0.15) is 0 Å². The molecule has 0 saturated carbocycles. The molecular formula is C21H20N2O3. The Kier molecular flexibility index (Phi) is 5.17. The second-order valence-electron chi connectivity index (χ2n) is 5.91. The van der Waals surface area contributed by atoms with Crippen molar-refractivity contribution in [3.8, 4) is 17.4 Å². The summed E-state index contributed by atoms with van der Waals surface area (Å²) >= 11 is 0. The summed E-state index contributed by atoms with van der Waals surface area (Å²) < 4.78 is 11.0. The molecule has 0 unspecified atom stereocenters. The summed E-state index contributed by atoms with van der Waals surface area (Å²) in [5.74, 6) is 1.50. The van der Waals surface area contributed by atoms with E-state index in [4.69, 9.17) is 9.47 Å². The van der Waals surface area contributed by atoms with Gasteiger partial charge in [0.25, 0.3) is 5.91 Å². The smallest absolute Gasteiger partial charge is 0.259 e. The van der Waals surface area contributed by atoms with Crippen molar-refractivity contribution in [1.29, 1.82) is 0 Å². The predicted octanol–water partition coefficient (Wildman–Crippen LogP) is 4.75. The minimum atomic E-state index is -0.257. The summed E-state index contributed by atoms with van der Waals surface area (Å²) in [4.78, 5) is 16.7. The summed E-state index contributed by atoms with van der Waals surface area (Å²) in [6.45, 7) is 3.99. The minimum absolute atomic E-state index is 0.257. The fraction of sp³-hybridized carbons (Fsp3) is 0.143. The molecule has 0 aliphatic heterocycles. The number of amides is 1. The van der Waals surface area contributed by atoms with Crippen molar-refractivity contribution in [3.63, 3.8) is 0 Å². The molecule has 5 nitrogen and oxygen atoms in total. The lowest BCUT2D eigenvalue weighted by atomic mass is 10.1. The summed E-state index contributed by atoms with van der Waals surface area (Å²) in [5.41, 5.74) is 3.19. The zero-order valence-electron chi connectivity index (χ0n) is 14.9. The molecular weight excluding hydrogens is 328 g/mol. The number of carbonyl (C=O) groups excluding carboxylic acids is 1. The van der Waals surface area contributed by atoms with Crippen molar-refractivity contribution >= 4 is 11.6 Å². The van der Waals surface area contributed by atoms with Crippen molar-refractivity contribution in [3.05, 3.63) is 77.5 Å². The van der Waals surface area contributed by atoms with E-state index >= 15 is 0 Å². The van der Waals surface area contributed by atoms with Crippen LogP contribution < -0.4 is 14.8 Å². The lowest BCUT2D eigenvalue weighted by Gasteiger charge is -2.11. The molecule has 3 rings (SSSR count). The number of hydrogen-bond acceptors (Lipinski definition) is 4.